The van der Waals surface area contributed by atoms with Gasteiger partial charge in [-0.1, -0.05) is 0 Å². The smallest absolute Gasteiger partial charge is 0.308 e. The van der Waals surface area contributed by atoms with Gasteiger partial charge in [0.1, 0.15) is 11.4 Å². The van der Waals surface area contributed by atoms with Crippen LogP contribution in [0, 0.1) is 0 Å². The molecule has 9 nitrogen and oxygen atoms in total. The van der Waals surface area contributed by atoms with Crippen LogP contribution < -0.4 is 19.6 Å². The highest BCUT2D eigenvalue weighted by Crippen LogP contribution is 2.27. The largest absolute Gasteiger partial charge is 0.497 e. The standard InChI is InChI=1S/C21H20N4O5/c1-13(26)30-19-9-4-14(10-20(19)29-3)12-22-25-21(27)18-11-17(23-24-18)15-5-7-16(28-2)8-6-15/h4-12H,1-3H3,(H,23,24)(H,25,27)/b22-12-. The fourth-order valence-electron chi connectivity index (χ4n) is 2.58. The van der Waals surface area contributed by atoms with Gasteiger partial charge in [0, 0.05) is 12.5 Å². The molecule has 0 spiro atoms. The van der Waals surface area contributed by atoms with E-state index < -0.39 is 11.9 Å². The highest BCUT2D eigenvalue weighted by molar-refractivity contribution is 5.94. The predicted molar refractivity (Wildman–Crippen MR) is 110 cm³/mol. The van der Waals surface area contributed by atoms with Gasteiger partial charge in [-0.2, -0.15) is 10.2 Å². The molecule has 154 valence electrons. The van der Waals surface area contributed by atoms with Gasteiger partial charge in [-0.05, 0) is 54.1 Å². The van der Waals surface area contributed by atoms with E-state index in [0.717, 1.165) is 11.3 Å². The molecule has 0 aliphatic carbocycles. The number of amides is 1. The summed E-state index contributed by atoms with van der Waals surface area (Å²) in [6, 6.07) is 13.8. The number of ether oxygens (including phenoxy) is 3. The number of carbonyl (C=O) groups excluding carboxylic acids is 2. The molecular weight excluding hydrogens is 388 g/mol. The molecule has 0 aliphatic heterocycles. The molecule has 2 N–H and O–H groups in total. The number of nitrogens with zero attached hydrogens (tertiary/aromatic N) is 2. The highest BCUT2D eigenvalue weighted by Gasteiger charge is 2.11. The lowest BCUT2D eigenvalue weighted by molar-refractivity contribution is -0.132. The van der Waals surface area contributed by atoms with Gasteiger partial charge < -0.3 is 14.2 Å². The van der Waals surface area contributed by atoms with Crippen molar-refractivity contribution in [1.29, 1.82) is 0 Å². The molecule has 30 heavy (non-hydrogen) atoms. The number of H-pyrrole nitrogens is 1. The second-order valence-electron chi connectivity index (χ2n) is 6.10. The Kier molecular flexibility index (Phi) is 6.43. The Labute approximate surface area is 172 Å². The quantitative estimate of drug-likeness (QED) is 0.269. The van der Waals surface area contributed by atoms with Crippen molar-refractivity contribution in [3.8, 4) is 28.5 Å². The van der Waals surface area contributed by atoms with E-state index in [2.05, 4.69) is 20.7 Å². The van der Waals surface area contributed by atoms with Gasteiger partial charge in [0.2, 0.25) is 0 Å². The van der Waals surface area contributed by atoms with E-state index in [9.17, 15) is 9.59 Å². The van der Waals surface area contributed by atoms with Crippen LogP contribution >= 0.6 is 0 Å². The molecule has 2 aromatic carbocycles. The summed E-state index contributed by atoms with van der Waals surface area (Å²) in [5, 5.41) is 10.8. The number of nitrogens with one attached hydrogen (secondary N) is 2. The number of rotatable bonds is 7. The predicted octanol–water partition coefficient (Wildman–Crippen LogP) is 2.78. The van der Waals surface area contributed by atoms with Crippen molar-refractivity contribution in [1.82, 2.24) is 15.6 Å². The van der Waals surface area contributed by atoms with Crippen LogP contribution in [-0.4, -0.2) is 42.5 Å². The van der Waals surface area contributed by atoms with Crippen molar-refractivity contribution >= 4 is 18.1 Å². The average molecular weight is 408 g/mol. The molecule has 0 saturated carbocycles. The van der Waals surface area contributed by atoms with Gasteiger partial charge in [0.05, 0.1) is 26.1 Å². The van der Waals surface area contributed by atoms with Gasteiger partial charge in [0.15, 0.2) is 11.5 Å². The third kappa shape index (κ3) is 5.02. The first-order valence-corrected chi connectivity index (χ1v) is 8.90. The molecule has 0 bridgehead atoms. The first kappa shape index (κ1) is 20.6. The summed E-state index contributed by atoms with van der Waals surface area (Å²) in [4.78, 5) is 23.4. The van der Waals surface area contributed by atoms with E-state index in [-0.39, 0.29) is 5.69 Å². The lowest BCUT2D eigenvalue weighted by atomic mass is 10.1. The maximum atomic E-state index is 12.3. The molecule has 9 heteroatoms. The van der Waals surface area contributed by atoms with E-state index in [0.29, 0.717) is 22.8 Å². The fourth-order valence-corrected chi connectivity index (χ4v) is 2.58. The Morgan fingerprint density at radius 2 is 1.80 bits per heavy atom. The molecule has 0 unspecified atom stereocenters. The van der Waals surface area contributed by atoms with Crippen LogP contribution in [0.25, 0.3) is 11.3 Å². The Balaban J connectivity index is 1.64. The van der Waals surface area contributed by atoms with E-state index in [1.54, 1.807) is 31.4 Å². The van der Waals surface area contributed by atoms with E-state index in [4.69, 9.17) is 14.2 Å². The van der Waals surface area contributed by atoms with Crippen molar-refractivity contribution in [2.45, 2.75) is 6.92 Å². The van der Waals surface area contributed by atoms with Crippen LogP contribution in [-0.2, 0) is 4.79 Å². The Morgan fingerprint density at radius 1 is 1.03 bits per heavy atom. The number of methoxy groups -OCH3 is 2. The van der Waals surface area contributed by atoms with Crippen LogP contribution in [0.5, 0.6) is 17.2 Å². The van der Waals surface area contributed by atoms with Crippen LogP contribution in [0.4, 0.5) is 0 Å². The third-order valence-corrected chi connectivity index (χ3v) is 4.03. The SMILES string of the molecule is COc1ccc(-c2cc(C(=O)N/N=C\c3ccc(OC(C)=O)c(OC)c3)[nH]n2)cc1. The minimum absolute atomic E-state index is 0.265. The Morgan fingerprint density at radius 3 is 2.47 bits per heavy atom. The Hall–Kier alpha value is -4.14. The second-order valence-corrected chi connectivity index (χ2v) is 6.10. The second kappa shape index (κ2) is 9.37. The molecule has 0 saturated heterocycles. The van der Waals surface area contributed by atoms with Crippen molar-refractivity contribution in [3.63, 3.8) is 0 Å². The molecule has 1 amide bonds. The number of aromatic nitrogens is 2. The summed E-state index contributed by atoms with van der Waals surface area (Å²) in [6.45, 7) is 1.31. The van der Waals surface area contributed by atoms with Crippen molar-refractivity contribution in [3.05, 3.63) is 59.8 Å². The molecule has 1 heterocycles. The zero-order valence-electron chi connectivity index (χ0n) is 16.6. The maximum Gasteiger partial charge on any atom is 0.308 e. The summed E-state index contributed by atoms with van der Waals surface area (Å²) >= 11 is 0. The van der Waals surface area contributed by atoms with Gasteiger partial charge in [-0.25, -0.2) is 5.43 Å². The minimum atomic E-state index is -0.449. The molecule has 1 aromatic heterocycles. The monoisotopic (exact) mass is 408 g/mol. The van der Waals surface area contributed by atoms with E-state index >= 15 is 0 Å². The molecule has 0 atom stereocenters. The van der Waals surface area contributed by atoms with Crippen LogP contribution in [0.3, 0.4) is 0 Å². The van der Waals surface area contributed by atoms with Crippen LogP contribution in [0.15, 0.2) is 53.6 Å². The fraction of sp³-hybridized carbons (Fsp3) is 0.143. The summed E-state index contributed by atoms with van der Waals surface area (Å²) < 4.78 is 15.4. The number of esters is 1. The zero-order valence-corrected chi connectivity index (χ0v) is 16.6. The first-order valence-electron chi connectivity index (χ1n) is 8.90. The zero-order chi connectivity index (χ0) is 21.5. The molecule has 0 radical (unpaired) electrons. The summed E-state index contributed by atoms with van der Waals surface area (Å²) in [7, 11) is 3.06. The van der Waals surface area contributed by atoms with Crippen molar-refractivity contribution in [2.24, 2.45) is 5.10 Å². The molecule has 0 fully saturated rings. The lowest BCUT2D eigenvalue weighted by Gasteiger charge is -2.08. The molecule has 3 aromatic rings. The van der Waals surface area contributed by atoms with Crippen LogP contribution in [0.2, 0.25) is 0 Å². The number of hydrogen-bond donors (Lipinski definition) is 2. The summed E-state index contributed by atoms with van der Waals surface area (Å²) in [5.74, 6) is 0.518. The summed E-state index contributed by atoms with van der Waals surface area (Å²) in [5.41, 5.74) is 4.80. The number of carbonyl (C=O) groups is 2. The molecular formula is C21H20N4O5. The topological polar surface area (TPSA) is 115 Å². The van der Waals surface area contributed by atoms with Crippen LogP contribution in [0.1, 0.15) is 23.0 Å². The number of hydrogen-bond acceptors (Lipinski definition) is 7. The highest BCUT2D eigenvalue weighted by atomic mass is 16.6. The number of hydrazone groups is 1. The maximum absolute atomic E-state index is 12.3. The average Bonchev–Trinajstić information content (AvgIpc) is 3.24. The third-order valence-electron chi connectivity index (χ3n) is 4.03. The first-order chi connectivity index (χ1) is 14.5. The Bertz CT molecular complexity index is 1070. The lowest BCUT2D eigenvalue weighted by Crippen LogP contribution is -2.18. The summed E-state index contributed by atoms with van der Waals surface area (Å²) in [6.07, 6.45) is 1.44. The van der Waals surface area contributed by atoms with Gasteiger partial charge in [-0.15, -0.1) is 0 Å². The van der Waals surface area contributed by atoms with E-state index in [1.165, 1.54) is 20.2 Å². The molecule has 0 aliphatic rings. The van der Waals surface area contributed by atoms with Crippen molar-refractivity contribution in [2.75, 3.05) is 14.2 Å². The van der Waals surface area contributed by atoms with Gasteiger partial charge in [-0.3, -0.25) is 14.7 Å². The van der Waals surface area contributed by atoms with Gasteiger partial charge >= 0.3 is 5.97 Å². The van der Waals surface area contributed by atoms with Gasteiger partial charge in [0.25, 0.3) is 5.91 Å². The number of aromatic amines is 1. The van der Waals surface area contributed by atoms with E-state index in [1.807, 2.05) is 24.3 Å². The minimum Gasteiger partial charge on any atom is -0.497 e. The van der Waals surface area contributed by atoms with Crippen molar-refractivity contribution < 1.29 is 23.8 Å². The number of benzene rings is 2. The molecule has 3 rings (SSSR count). The normalized spacial score (nSPS) is 10.6.